The van der Waals surface area contributed by atoms with Crippen molar-refractivity contribution in [3.8, 4) is 0 Å². The quantitative estimate of drug-likeness (QED) is 0.718. The van der Waals surface area contributed by atoms with E-state index in [9.17, 15) is 0 Å². The van der Waals surface area contributed by atoms with Crippen molar-refractivity contribution in [2.24, 2.45) is 0 Å². The van der Waals surface area contributed by atoms with Crippen LogP contribution in [-0.4, -0.2) is 27.2 Å². The Morgan fingerprint density at radius 1 is 1.62 bits per heavy atom. The maximum Gasteiger partial charge on any atom is 0.223 e. The predicted molar refractivity (Wildman–Crippen MR) is 49.4 cm³/mol. The second-order valence-corrected chi connectivity index (χ2v) is 3.59. The summed E-state index contributed by atoms with van der Waals surface area (Å²) in [6.07, 6.45) is 3.72. The molecule has 0 aromatic carbocycles. The second-order valence-electron chi connectivity index (χ2n) is 3.59. The molecule has 0 aliphatic heterocycles. The molecule has 0 radical (unpaired) electrons. The minimum atomic E-state index is -0.131. The first kappa shape index (κ1) is 8.44. The minimum Gasteiger partial charge on any atom is -0.394 e. The van der Waals surface area contributed by atoms with E-state index in [2.05, 4.69) is 15.3 Å². The fraction of sp³-hybridized carbons (Fsp3) is 0.556. The predicted octanol–water partition coefficient (Wildman–Crippen LogP) is 0.722. The van der Waals surface area contributed by atoms with Crippen molar-refractivity contribution in [3.63, 3.8) is 0 Å². The Kier molecular flexibility index (Phi) is 1.92. The van der Waals surface area contributed by atoms with E-state index in [0.29, 0.717) is 5.95 Å². The van der Waals surface area contributed by atoms with Crippen LogP contribution in [0.25, 0.3) is 0 Å². The van der Waals surface area contributed by atoms with Gasteiger partial charge in [-0.3, -0.25) is 0 Å². The molecule has 0 amide bonds. The lowest BCUT2D eigenvalue weighted by Gasteiger charge is -2.13. The number of rotatable bonds is 3. The standard InChI is InChI=1S/C9H13N3O/c1-7-2-5-10-8(11-7)12-9(6-13)3-4-9/h2,5,13H,3-4,6H2,1H3,(H,10,11,12). The molecule has 70 valence electrons. The van der Waals surface area contributed by atoms with E-state index in [0.717, 1.165) is 18.5 Å². The molecular weight excluding hydrogens is 166 g/mol. The molecule has 1 aromatic heterocycles. The zero-order valence-corrected chi connectivity index (χ0v) is 7.62. The zero-order chi connectivity index (χ0) is 9.31. The van der Waals surface area contributed by atoms with Crippen LogP contribution in [0.4, 0.5) is 5.95 Å². The summed E-state index contributed by atoms with van der Waals surface area (Å²) in [7, 11) is 0. The van der Waals surface area contributed by atoms with Crippen LogP contribution in [-0.2, 0) is 0 Å². The van der Waals surface area contributed by atoms with E-state index in [1.165, 1.54) is 0 Å². The SMILES string of the molecule is Cc1ccnc(NC2(CO)CC2)n1. The zero-order valence-electron chi connectivity index (χ0n) is 7.62. The van der Waals surface area contributed by atoms with Crippen molar-refractivity contribution >= 4 is 5.95 Å². The van der Waals surface area contributed by atoms with Crippen molar-refractivity contribution in [2.45, 2.75) is 25.3 Å². The van der Waals surface area contributed by atoms with E-state index in [-0.39, 0.29) is 12.1 Å². The number of nitrogens with one attached hydrogen (secondary N) is 1. The summed E-state index contributed by atoms with van der Waals surface area (Å²) in [4.78, 5) is 8.29. The average Bonchev–Trinajstić information content (AvgIpc) is 2.86. The number of anilines is 1. The van der Waals surface area contributed by atoms with Crippen LogP contribution in [0.1, 0.15) is 18.5 Å². The topological polar surface area (TPSA) is 58.0 Å². The highest BCUT2D eigenvalue weighted by atomic mass is 16.3. The van der Waals surface area contributed by atoms with Gasteiger partial charge in [-0.1, -0.05) is 0 Å². The summed E-state index contributed by atoms with van der Waals surface area (Å²) in [5.41, 5.74) is 0.805. The molecule has 0 saturated heterocycles. The van der Waals surface area contributed by atoms with Gasteiger partial charge in [-0.15, -0.1) is 0 Å². The number of aryl methyl sites for hydroxylation is 1. The molecule has 0 spiro atoms. The van der Waals surface area contributed by atoms with E-state index >= 15 is 0 Å². The Balaban J connectivity index is 2.09. The van der Waals surface area contributed by atoms with Crippen molar-refractivity contribution in [2.75, 3.05) is 11.9 Å². The number of aromatic nitrogens is 2. The summed E-state index contributed by atoms with van der Waals surface area (Å²) >= 11 is 0. The third kappa shape index (κ3) is 1.78. The summed E-state index contributed by atoms with van der Waals surface area (Å²) in [5.74, 6) is 0.617. The maximum absolute atomic E-state index is 9.07. The lowest BCUT2D eigenvalue weighted by molar-refractivity contribution is 0.265. The van der Waals surface area contributed by atoms with Crippen LogP contribution in [0.15, 0.2) is 12.3 Å². The van der Waals surface area contributed by atoms with E-state index in [1.54, 1.807) is 6.20 Å². The fourth-order valence-corrected chi connectivity index (χ4v) is 1.22. The van der Waals surface area contributed by atoms with Gasteiger partial charge in [0.2, 0.25) is 5.95 Å². The van der Waals surface area contributed by atoms with Gasteiger partial charge < -0.3 is 10.4 Å². The Bertz CT molecular complexity index is 309. The van der Waals surface area contributed by atoms with Gasteiger partial charge in [0.05, 0.1) is 12.1 Å². The summed E-state index contributed by atoms with van der Waals surface area (Å²) < 4.78 is 0. The molecule has 0 unspecified atom stereocenters. The van der Waals surface area contributed by atoms with Crippen LogP contribution in [0.2, 0.25) is 0 Å². The molecule has 1 aliphatic rings. The number of hydrogen-bond donors (Lipinski definition) is 2. The molecular formula is C9H13N3O. The summed E-state index contributed by atoms with van der Waals surface area (Å²) in [5, 5.41) is 12.2. The monoisotopic (exact) mass is 179 g/mol. The smallest absolute Gasteiger partial charge is 0.223 e. The van der Waals surface area contributed by atoms with Crippen LogP contribution in [0.5, 0.6) is 0 Å². The maximum atomic E-state index is 9.07. The van der Waals surface area contributed by atoms with Crippen LogP contribution < -0.4 is 5.32 Å². The van der Waals surface area contributed by atoms with Crippen LogP contribution in [0, 0.1) is 6.92 Å². The molecule has 2 N–H and O–H groups in total. The van der Waals surface area contributed by atoms with Gasteiger partial charge in [0.15, 0.2) is 0 Å². The molecule has 13 heavy (non-hydrogen) atoms. The number of nitrogens with zero attached hydrogens (tertiary/aromatic N) is 2. The normalized spacial score (nSPS) is 18.3. The first-order valence-electron chi connectivity index (χ1n) is 4.43. The average molecular weight is 179 g/mol. The van der Waals surface area contributed by atoms with Crippen LogP contribution >= 0.6 is 0 Å². The van der Waals surface area contributed by atoms with Crippen molar-refractivity contribution < 1.29 is 5.11 Å². The Labute approximate surface area is 77.0 Å². The lowest BCUT2D eigenvalue weighted by atomic mass is 10.3. The van der Waals surface area contributed by atoms with E-state index < -0.39 is 0 Å². The summed E-state index contributed by atoms with van der Waals surface area (Å²) in [6, 6.07) is 1.85. The van der Waals surface area contributed by atoms with Gasteiger partial charge in [0.1, 0.15) is 0 Å². The Morgan fingerprint density at radius 2 is 2.38 bits per heavy atom. The van der Waals surface area contributed by atoms with E-state index in [1.807, 2.05) is 13.0 Å². The molecule has 2 rings (SSSR count). The highest BCUT2D eigenvalue weighted by Crippen LogP contribution is 2.37. The lowest BCUT2D eigenvalue weighted by Crippen LogP contribution is -2.26. The molecule has 0 atom stereocenters. The molecule has 1 aromatic rings. The molecule has 0 bridgehead atoms. The molecule has 4 heteroatoms. The van der Waals surface area contributed by atoms with Gasteiger partial charge in [0.25, 0.3) is 0 Å². The molecule has 1 heterocycles. The molecule has 4 nitrogen and oxygen atoms in total. The Morgan fingerprint density at radius 3 is 2.92 bits per heavy atom. The van der Waals surface area contributed by atoms with Gasteiger partial charge in [-0.25, -0.2) is 9.97 Å². The number of aliphatic hydroxyl groups is 1. The van der Waals surface area contributed by atoms with Crippen molar-refractivity contribution in [3.05, 3.63) is 18.0 Å². The largest absolute Gasteiger partial charge is 0.394 e. The summed E-state index contributed by atoms with van der Waals surface area (Å²) in [6.45, 7) is 2.08. The van der Waals surface area contributed by atoms with E-state index in [4.69, 9.17) is 5.11 Å². The van der Waals surface area contributed by atoms with Gasteiger partial charge in [-0.05, 0) is 25.8 Å². The van der Waals surface area contributed by atoms with Crippen molar-refractivity contribution in [1.82, 2.24) is 9.97 Å². The van der Waals surface area contributed by atoms with Crippen LogP contribution in [0.3, 0.4) is 0 Å². The van der Waals surface area contributed by atoms with Gasteiger partial charge >= 0.3 is 0 Å². The molecule has 1 fully saturated rings. The van der Waals surface area contributed by atoms with Crippen molar-refractivity contribution in [1.29, 1.82) is 0 Å². The highest BCUT2D eigenvalue weighted by molar-refractivity contribution is 5.33. The minimum absolute atomic E-state index is 0.131. The Hall–Kier alpha value is -1.16. The number of aliphatic hydroxyl groups excluding tert-OH is 1. The van der Waals surface area contributed by atoms with Gasteiger partial charge in [0, 0.05) is 11.9 Å². The first-order valence-corrected chi connectivity index (χ1v) is 4.43. The van der Waals surface area contributed by atoms with Gasteiger partial charge in [-0.2, -0.15) is 0 Å². The first-order chi connectivity index (χ1) is 6.24. The number of hydrogen-bond acceptors (Lipinski definition) is 4. The highest BCUT2D eigenvalue weighted by Gasteiger charge is 2.42. The molecule has 1 saturated carbocycles. The third-order valence-electron chi connectivity index (χ3n) is 2.33. The second kappa shape index (κ2) is 2.96. The fourth-order valence-electron chi connectivity index (χ4n) is 1.22. The molecule has 1 aliphatic carbocycles. The third-order valence-corrected chi connectivity index (χ3v) is 2.33.